The number of benzene rings is 1. The van der Waals surface area contributed by atoms with E-state index < -0.39 is 29.8 Å². The summed E-state index contributed by atoms with van der Waals surface area (Å²) >= 11 is 0. The standard InChI is InChI=1S/C26H32N6O6/c1-37-26(36)30-18(6-2-3-10-21(27)33)24(34)29-19-8-5-13-32(25(19)35)14-22-28-17-7-4-9-20(23(17)31-22)38-15-16-11-12-16/h3-5,7-10,13,16,18,26,30,36H,2,6,11-12,14-15H2,1H3,(H2,27,33)(H,28,31)(H,29,34)/b10-3+/t18-,26?/m0/s1. The van der Waals surface area contributed by atoms with E-state index in [4.69, 9.17) is 15.2 Å². The van der Waals surface area contributed by atoms with Crippen LogP contribution in [0.25, 0.3) is 11.0 Å². The van der Waals surface area contributed by atoms with Crippen LogP contribution in [0.5, 0.6) is 5.75 Å². The van der Waals surface area contributed by atoms with Crippen LogP contribution in [0.2, 0.25) is 0 Å². The maximum Gasteiger partial charge on any atom is 0.274 e. The third kappa shape index (κ3) is 7.28. The lowest BCUT2D eigenvalue weighted by Gasteiger charge is -2.20. The minimum absolute atomic E-state index is 0.0634. The van der Waals surface area contributed by atoms with Gasteiger partial charge in [-0.25, -0.2) is 4.98 Å². The molecule has 1 saturated carbocycles. The topological polar surface area (TPSA) is 174 Å². The highest BCUT2D eigenvalue weighted by atomic mass is 16.6. The fourth-order valence-electron chi connectivity index (χ4n) is 3.87. The lowest BCUT2D eigenvalue weighted by atomic mass is 10.1. The second kappa shape index (κ2) is 12.5. The molecular weight excluding hydrogens is 492 g/mol. The third-order valence-electron chi connectivity index (χ3n) is 6.08. The summed E-state index contributed by atoms with van der Waals surface area (Å²) in [6.07, 6.45) is 5.83. The number of anilines is 1. The van der Waals surface area contributed by atoms with Gasteiger partial charge in [-0.15, -0.1) is 0 Å². The smallest absolute Gasteiger partial charge is 0.274 e. The number of aromatic amines is 1. The van der Waals surface area contributed by atoms with Gasteiger partial charge in [-0.3, -0.25) is 19.7 Å². The molecule has 12 heteroatoms. The highest BCUT2D eigenvalue weighted by Crippen LogP contribution is 2.31. The number of para-hydroxylation sites is 1. The second-order valence-corrected chi connectivity index (χ2v) is 9.12. The first-order valence-corrected chi connectivity index (χ1v) is 12.4. The Bertz CT molecular complexity index is 1360. The van der Waals surface area contributed by atoms with Crippen LogP contribution >= 0.6 is 0 Å². The zero-order valence-electron chi connectivity index (χ0n) is 21.1. The minimum atomic E-state index is -1.40. The lowest BCUT2D eigenvalue weighted by Crippen LogP contribution is -2.47. The molecule has 1 fully saturated rings. The van der Waals surface area contributed by atoms with Crippen molar-refractivity contribution >= 4 is 28.5 Å². The van der Waals surface area contributed by atoms with Gasteiger partial charge in [0, 0.05) is 13.3 Å². The number of aliphatic hydroxyl groups excluding tert-OH is 1. The van der Waals surface area contributed by atoms with Gasteiger partial charge in [-0.2, -0.15) is 0 Å². The van der Waals surface area contributed by atoms with Crippen LogP contribution in [0, 0.1) is 5.92 Å². The number of aliphatic hydroxyl groups is 1. The normalized spacial score (nSPS) is 15.0. The number of pyridine rings is 1. The van der Waals surface area contributed by atoms with Gasteiger partial charge in [-0.1, -0.05) is 12.1 Å². The van der Waals surface area contributed by atoms with Gasteiger partial charge < -0.3 is 35.2 Å². The van der Waals surface area contributed by atoms with Crippen LogP contribution in [0.15, 0.2) is 53.5 Å². The molecular formula is C26H32N6O6. The molecule has 1 aromatic carbocycles. The van der Waals surface area contributed by atoms with Crippen molar-refractivity contribution in [2.24, 2.45) is 11.7 Å². The molecule has 0 bridgehead atoms. The number of ether oxygens (including phenoxy) is 2. The summed E-state index contributed by atoms with van der Waals surface area (Å²) in [7, 11) is 1.27. The van der Waals surface area contributed by atoms with Crippen molar-refractivity contribution in [3.8, 4) is 5.75 Å². The molecule has 0 saturated heterocycles. The number of nitrogens with zero attached hydrogens (tertiary/aromatic N) is 2. The Morgan fingerprint density at radius 2 is 2.13 bits per heavy atom. The molecule has 0 spiro atoms. The van der Waals surface area contributed by atoms with E-state index in [1.807, 2.05) is 18.2 Å². The van der Waals surface area contributed by atoms with E-state index in [-0.39, 0.29) is 18.7 Å². The van der Waals surface area contributed by atoms with E-state index in [0.717, 1.165) is 5.52 Å². The first kappa shape index (κ1) is 27.0. The number of allylic oxidation sites excluding steroid dienone is 1. The van der Waals surface area contributed by atoms with Crippen LogP contribution in [0.4, 0.5) is 5.69 Å². The first-order valence-electron chi connectivity index (χ1n) is 12.4. The maximum absolute atomic E-state index is 13.1. The van der Waals surface area contributed by atoms with E-state index in [1.165, 1.54) is 42.7 Å². The van der Waals surface area contributed by atoms with Crippen molar-refractivity contribution in [3.63, 3.8) is 0 Å². The number of H-pyrrole nitrogens is 1. The fraction of sp³-hybridized carbons (Fsp3) is 0.385. The number of hydrogen-bond donors (Lipinski definition) is 5. The van der Waals surface area contributed by atoms with Gasteiger partial charge in [0.25, 0.3) is 5.56 Å². The number of nitrogens with two attached hydrogens (primary N) is 1. The van der Waals surface area contributed by atoms with Crippen molar-refractivity contribution in [1.82, 2.24) is 19.9 Å². The second-order valence-electron chi connectivity index (χ2n) is 9.12. The molecule has 0 radical (unpaired) electrons. The molecule has 2 aromatic heterocycles. The number of carbonyl (C=O) groups is 2. The zero-order valence-corrected chi connectivity index (χ0v) is 21.1. The summed E-state index contributed by atoms with van der Waals surface area (Å²) in [6, 6.07) is 7.90. The molecule has 202 valence electrons. The molecule has 2 heterocycles. The van der Waals surface area contributed by atoms with E-state index in [9.17, 15) is 19.5 Å². The SMILES string of the molecule is COC(O)N[C@@H](CC/C=C/C(N)=O)C(=O)Nc1cccn(Cc2nc3c(OCC4CC4)cccc3[nH]2)c1=O. The Kier molecular flexibility index (Phi) is 8.89. The number of aromatic nitrogens is 3. The van der Waals surface area contributed by atoms with Gasteiger partial charge in [0.1, 0.15) is 22.8 Å². The van der Waals surface area contributed by atoms with Crippen LogP contribution in [-0.4, -0.2) is 57.6 Å². The van der Waals surface area contributed by atoms with E-state index in [2.05, 4.69) is 20.6 Å². The summed E-state index contributed by atoms with van der Waals surface area (Å²) in [5.41, 5.74) is 6.24. The predicted molar refractivity (Wildman–Crippen MR) is 140 cm³/mol. The van der Waals surface area contributed by atoms with Crippen molar-refractivity contribution < 1.29 is 24.2 Å². The molecule has 1 aliphatic rings. The van der Waals surface area contributed by atoms with E-state index >= 15 is 0 Å². The van der Waals surface area contributed by atoms with Crippen LogP contribution in [0.3, 0.4) is 0 Å². The molecule has 1 unspecified atom stereocenters. The van der Waals surface area contributed by atoms with Gasteiger partial charge >= 0.3 is 0 Å². The summed E-state index contributed by atoms with van der Waals surface area (Å²) in [4.78, 5) is 44.9. The Balaban J connectivity index is 1.47. The lowest BCUT2D eigenvalue weighted by molar-refractivity contribution is -0.129. The number of amides is 2. The quantitative estimate of drug-likeness (QED) is 0.154. The van der Waals surface area contributed by atoms with Crippen molar-refractivity contribution in [3.05, 3.63) is 64.9 Å². The minimum Gasteiger partial charge on any atom is -0.491 e. The van der Waals surface area contributed by atoms with Gasteiger partial charge in [-0.05, 0) is 61.9 Å². The molecule has 38 heavy (non-hydrogen) atoms. The first-order chi connectivity index (χ1) is 18.3. The fourth-order valence-corrected chi connectivity index (χ4v) is 3.87. The summed E-state index contributed by atoms with van der Waals surface area (Å²) in [5, 5.41) is 15.0. The Morgan fingerprint density at radius 3 is 2.87 bits per heavy atom. The average Bonchev–Trinajstić information content (AvgIpc) is 3.63. The largest absolute Gasteiger partial charge is 0.491 e. The predicted octanol–water partition coefficient (Wildman–Crippen LogP) is 1.20. The molecule has 3 aromatic rings. The van der Waals surface area contributed by atoms with Crippen LogP contribution in [-0.2, 0) is 20.9 Å². The number of fused-ring (bicyclic) bond motifs is 1. The molecule has 6 N–H and O–H groups in total. The van der Waals surface area contributed by atoms with E-state index in [0.29, 0.717) is 36.0 Å². The number of primary amides is 1. The number of rotatable bonds is 14. The molecule has 0 aliphatic heterocycles. The zero-order chi connectivity index (χ0) is 27.1. The molecule has 4 rings (SSSR count). The van der Waals surface area contributed by atoms with Crippen LogP contribution in [0.1, 0.15) is 31.5 Å². The molecule has 12 nitrogen and oxygen atoms in total. The number of imidazole rings is 1. The number of hydrogen-bond acceptors (Lipinski definition) is 8. The number of nitrogens with one attached hydrogen (secondary N) is 3. The third-order valence-corrected chi connectivity index (χ3v) is 6.08. The number of methoxy groups -OCH3 is 1. The van der Waals surface area contributed by atoms with Gasteiger partial charge in [0.05, 0.1) is 24.7 Å². The van der Waals surface area contributed by atoms with Crippen LogP contribution < -0.4 is 26.7 Å². The Labute approximate surface area is 218 Å². The highest BCUT2D eigenvalue weighted by Gasteiger charge is 2.23. The van der Waals surface area contributed by atoms with Crippen molar-refractivity contribution in [2.45, 2.75) is 44.7 Å². The Morgan fingerprint density at radius 1 is 1.32 bits per heavy atom. The molecule has 2 amide bonds. The highest BCUT2D eigenvalue weighted by molar-refractivity contribution is 5.94. The van der Waals surface area contributed by atoms with Crippen molar-refractivity contribution in [2.75, 3.05) is 19.0 Å². The number of carbonyl (C=O) groups excluding carboxylic acids is 2. The van der Waals surface area contributed by atoms with Gasteiger partial charge in [0.2, 0.25) is 18.2 Å². The maximum atomic E-state index is 13.1. The summed E-state index contributed by atoms with van der Waals surface area (Å²) in [6.45, 7) is 0.822. The average molecular weight is 525 g/mol. The van der Waals surface area contributed by atoms with Crippen molar-refractivity contribution in [1.29, 1.82) is 0 Å². The monoisotopic (exact) mass is 524 g/mol. The summed E-state index contributed by atoms with van der Waals surface area (Å²) < 4.78 is 12.2. The molecule has 1 aliphatic carbocycles. The summed E-state index contributed by atoms with van der Waals surface area (Å²) in [5.74, 6) is 0.723. The van der Waals surface area contributed by atoms with Gasteiger partial charge in [0.15, 0.2) is 0 Å². The molecule has 2 atom stereocenters. The van der Waals surface area contributed by atoms with E-state index in [1.54, 1.807) is 12.3 Å². The Hall–Kier alpha value is -4.00.